The van der Waals surface area contributed by atoms with Crippen LogP contribution in [0.4, 0.5) is 4.39 Å². The minimum atomic E-state index is -0.265. The van der Waals surface area contributed by atoms with Gasteiger partial charge in [0.05, 0.1) is 18.8 Å². The first-order chi connectivity index (χ1) is 17.0. The first-order valence-corrected chi connectivity index (χ1v) is 12.8. The summed E-state index contributed by atoms with van der Waals surface area (Å²) in [6.07, 6.45) is 6.13. The fourth-order valence-electron chi connectivity index (χ4n) is 4.63. The number of carbonyl (C=O) groups excluding carboxylic acids is 1. The van der Waals surface area contributed by atoms with Crippen molar-refractivity contribution < 1.29 is 18.7 Å². The van der Waals surface area contributed by atoms with Crippen LogP contribution >= 0.6 is 11.6 Å². The van der Waals surface area contributed by atoms with Gasteiger partial charge in [0, 0.05) is 11.4 Å². The minimum Gasteiger partial charge on any atom is -0.490 e. The molecule has 0 bridgehead atoms. The van der Waals surface area contributed by atoms with Gasteiger partial charge in [0.1, 0.15) is 17.3 Å². The summed E-state index contributed by atoms with van der Waals surface area (Å²) < 4.78 is 26.4. The lowest BCUT2D eigenvalue weighted by atomic mass is 9.94. The van der Waals surface area contributed by atoms with Crippen LogP contribution in [0.5, 0.6) is 5.75 Å². The van der Waals surface area contributed by atoms with Gasteiger partial charge in [0.2, 0.25) is 0 Å². The highest BCUT2D eigenvalue weighted by atomic mass is 35.5. The van der Waals surface area contributed by atoms with E-state index < -0.39 is 0 Å². The number of Topliss-reactive ketones (excluding diaryl/α,β-unsaturated/α-hetero) is 1. The second-order valence-corrected chi connectivity index (χ2v) is 9.71. The van der Waals surface area contributed by atoms with E-state index in [0.717, 1.165) is 71.6 Å². The van der Waals surface area contributed by atoms with Crippen molar-refractivity contribution in [1.82, 2.24) is 0 Å². The molecule has 1 aliphatic rings. The smallest absolute Gasteiger partial charge is 0.129 e. The van der Waals surface area contributed by atoms with E-state index in [1.54, 1.807) is 19.1 Å². The summed E-state index contributed by atoms with van der Waals surface area (Å²) in [5.74, 6) is 0.711. The zero-order valence-corrected chi connectivity index (χ0v) is 20.9. The van der Waals surface area contributed by atoms with Crippen LogP contribution in [0.25, 0.3) is 11.1 Å². The summed E-state index contributed by atoms with van der Waals surface area (Å²) in [5, 5.41) is 0.739. The molecule has 0 N–H and O–H groups in total. The molecule has 0 aliphatic heterocycles. The van der Waals surface area contributed by atoms with Crippen molar-refractivity contribution in [3.05, 3.63) is 88.7 Å². The number of ketones is 1. The van der Waals surface area contributed by atoms with Crippen molar-refractivity contribution in [2.24, 2.45) is 0 Å². The lowest BCUT2D eigenvalue weighted by Crippen LogP contribution is -2.28. The Balaban J connectivity index is 1.38. The summed E-state index contributed by atoms with van der Waals surface area (Å²) in [5.41, 5.74) is 3.90. The van der Waals surface area contributed by atoms with E-state index in [4.69, 9.17) is 21.1 Å². The molecule has 0 amide bonds. The average molecular weight is 495 g/mol. The summed E-state index contributed by atoms with van der Waals surface area (Å²) in [7, 11) is 0. The molecule has 1 saturated carbocycles. The monoisotopic (exact) mass is 494 g/mol. The molecule has 0 atom stereocenters. The number of ether oxygens (including phenoxy) is 2. The number of carbonyl (C=O) groups is 1. The van der Waals surface area contributed by atoms with E-state index in [1.807, 2.05) is 48.5 Å². The summed E-state index contributed by atoms with van der Waals surface area (Å²) in [6, 6.07) is 20.5. The fraction of sp³-hybridized carbons (Fsp3) is 0.367. The standard InChI is InChI=1S/C30H32ClFO3/c1-21(33)6-4-8-22-12-13-28(19-29(22)23-9-5-10-25(32)18-23)35-27-16-14-26(15-17-27)34-20-24-7-2-3-11-30(24)31/h2-3,5,7,9-13,18-19,26-27H,4,6,8,14-17,20H2,1H3. The zero-order valence-electron chi connectivity index (χ0n) is 20.1. The fourth-order valence-corrected chi connectivity index (χ4v) is 4.82. The van der Waals surface area contributed by atoms with Crippen LogP contribution in [0.3, 0.4) is 0 Å². The molecule has 0 saturated heterocycles. The molecule has 35 heavy (non-hydrogen) atoms. The highest BCUT2D eigenvalue weighted by Gasteiger charge is 2.23. The molecule has 0 unspecified atom stereocenters. The third kappa shape index (κ3) is 7.39. The Morgan fingerprint density at radius 2 is 1.71 bits per heavy atom. The van der Waals surface area contributed by atoms with E-state index >= 15 is 0 Å². The van der Waals surface area contributed by atoms with Gasteiger partial charge in [-0.1, -0.05) is 48.0 Å². The van der Waals surface area contributed by atoms with Crippen molar-refractivity contribution in [1.29, 1.82) is 0 Å². The van der Waals surface area contributed by atoms with Crippen molar-refractivity contribution in [2.45, 2.75) is 70.7 Å². The highest BCUT2D eigenvalue weighted by Crippen LogP contribution is 2.32. The molecule has 1 aliphatic carbocycles. The van der Waals surface area contributed by atoms with Crippen molar-refractivity contribution in [2.75, 3.05) is 0 Å². The van der Waals surface area contributed by atoms with Gasteiger partial charge >= 0.3 is 0 Å². The third-order valence-electron chi connectivity index (χ3n) is 6.55. The largest absolute Gasteiger partial charge is 0.490 e. The van der Waals surface area contributed by atoms with Crippen LogP contribution in [-0.2, 0) is 22.6 Å². The number of aryl methyl sites for hydroxylation is 1. The van der Waals surface area contributed by atoms with E-state index in [2.05, 4.69) is 0 Å². The normalized spacial score (nSPS) is 17.8. The van der Waals surface area contributed by atoms with Gasteiger partial charge in [0.25, 0.3) is 0 Å². The molecule has 184 valence electrons. The van der Waals surface area contributed by atoms with Crippen LogP contribution in [0.1, 0.15) is 56.6 Å². The molecule has 0 heterocycles. The lowest BCUT2D eigenvalue weighted by Gasteiger charge is -2.29. The highest BCUT2D eigenvalue weighted by molar-refractivity contribution is 6.31. The van der Waals surface area contributed by atoms with Gasteiger partial charge in [-0.25, -0.2) is 4.39 Å². The Morgan fingerprint density at radius 3 is 2.46 bits per heavy atom. The molecule has 4 rings (SSSR count). The molecule has 3 aromatic carbocycles. The van der Waals surface area contributed by atoms with E-state index in [-0.39, 0.29) is 23.8 Å². The van der Waals surface area contributed by atoms with Gasteiger partial charge in [-0.3, -0.25) is 0 Å². The zero-order chi connectivity index (χ0) is 24.6. The summed E-state index contributed by atoms with van der Waals surface area (Å²) >= 11 is 6.24. The Bertz CT molecular complexity index is 1140. The predicted octanol–water partition coefficient (Wildman–Crippen LogP) is 7.96. The molecule has 0 aromatic heterocycles. The Morgan fingerprint density at radius 1 is 0.943 bits per heavy atom. The Hall–Kier alpha value is -2.69. The number of rotatable bonds is 10. The van der Waals surface area contributed by atoms with Crippen LogP contribution in [0.2, 0.25) is 5.02 Å². The number of hydrogen-bond donors (Lipinski definition) is 0. The molecule has 0 radical (unpaired) electrons. The molecule has 0 spiro atoms. The molecular formula is C30H32ClFO3. The molecule has 3 aromatic rings. The quantitative estimate of drug-likeness (QED) is 0.286. The van der Waals surface area contributed by atoms with Crippen molar-refractivity contribution in [3.63, 3.8) is 0 Å². The average Bonchev–Trinajstić information content (AvgIpc) is 2.85. The maximum Gasteiger partial charge on any atom is 0.129 e. The van der Waals surface area contributed by atoms with Crippen molar-refractivity contribution >= 4 is 17.4 Å². The van der Waals surface area contributed by atoms with E-state index in [9.17, 15) is 9.18 Å². The van der Waals surface area contributed by atoms with E-state index in [0.29, 0.717) is 13.0 Å². The second kappa shape index (κ2) is 12.3. The topological polar surface area (TPSA) is 35.5 Å². The Labute approximate surface area is 212 Å². The lowest BCUT2D eigenvalue weighted by molar-refractivity contribution is -0.117. The molecule has 5 heteroatoms. The minimum absolute atomic E-state index is 0.124. The number of halogens is 2. The van der Waals surface area contributed by atoms with Gasteiger partial charge in [-0.05, 0) is 98.0 Å². The van der Waals surface area contributed by atoms with Gasteiger partial charge < -0.3 is 14.3 Å². The number of benzene rings is 3. The van der Waals surface area contributed by atoms with Crippen LogP contribution < -0.4 is 4.74 Å². The van der Waals surface area contributed by atoms with Gasteiger partial charge in [-0.15, -0.1) is 0 Å². The van der Waals surface area contributed by atoms with Gasteiger partial charge in [-0.2, -0.15) is 0 Å². The Kier molecular flexibility index (Phi) is 8.95. The van der Waals surface area contributed by atoms with E-state index in [1.165, 1.54) is 6.07 Å². The molecule has 3 nitrogen and oxygen atoms in total. The second-order valence-electron chi connectivity index (χ2n) is 9.30. The third-order valence-corrected chi connectivity index (χ3v) is 6.92. The summed E-state index contributed by atoms with van der Waals surface area (Å²) in [6.45, 7) is 2.14. The maximum atomic E-state index is 14.0. The predicted molar refractivity (Wildman–Crippen MR) is 138 cm³/mol. The van der Waals surface area contributed by atoms with Crippen LogP contribution in [0, 0.1) is 5.82 Å². The first kappa shape index (κ1) is 25.4. The first-order valence-electron chi connectivity index (χ1n) is 12.4. The SMILES string of the molecule is CC(=O)CCCc1ccc(OC2CCC(OCc3ccccc3Cl)CC2)cc1-c1cccc(F)c1. The van der Waals surface area contributed by atoms with Crippen LogP contribution in [-0.4, -0.2) is 18.0 Å². The maximum absolute atomic E-state index is 14.0. The number of hydrogen-bond acceptors (Lipinski definition) is 3. The van der Waals surface area contributed by atoms with Crippen LogP contribution in [0.15, 0.2) is 66.7 Å². The summed E-state index contributed by atoms with van der Waals surface area (Å²) in [4.78, 5) is 11.4. The molecule has 1 fully saturated rings. The van der Waals surface area contributed by atoms with Crippen molar-refractivity contribution in [3.8, 4) is 16.9 Å². The molecular weight excluding hydrogens is 463 g/mol. The van der Waals surface area contributed by atoms with Gasteiger partial charge in [0.15, 0.2) is 0 Å².